The van der Waals surface area contributed by atoms with Gasteiger partial charge in [0.1, 0.15) is 5.75 Å². The van der Waals surface area contributed by atoms with Crippen molar-refractivity contribution in [3.63, 3.8) is 0 Å². The number of hydrogen-bond donors (Lipinski definition) is 2. The summed E-state index contributed by atoms with van der Waals surface area (Å²) < 4.78 is 10.7. The summed E-state index contributed by atoms with van der Waals surface area (Å²) in [4.78, 5) is 0. The first-order valence-electron chi connectivity index (χ1n) is 7.04. The molecule has 0 radical (unpaired) electrons. The number of phenolic OH excluding ortho intramolecular Hbond substituents is 1. The van der Waals surface area contributed by atoms with Crippen LogP contribution in [0.5, 0.6) is 17.2 Å². The Balaban J connectivity index is 1.66. The van der Waals surface area contributed by atoms with Gasteiger partial charge in [0, 0.05) is 12.1 Å². The van der Waals surface area contributed by atoms with Crippen LogP contribution in [0.4, 0.5) is 0 Å². The quantitative estimate of drug-likeness (QED) is 0.733. The first-order chi connectivity index (χ1) is 10.3. The summed E-state index contributed by atoms with van der Waals surface area (Å²) >= 11 is 0. The Bertz CT molecular complexity index is 543. The van der Waals surface area contributed by atoms with Crippen LogP contribution in [0, 0.1) is 0 Å². The molecule has 2 aromatic carbocycles. The number of aromatic hydroxyl groups is 1. The van der Waals surface area contributed by atoms with E-state index in [1.165, 1.54) is 0 Å². The highest BCUT2D eigenvalue weighted by Crippen LogP contribution is 2.28. The lowest BCUT2D eigenvalue weighted by Gasteiger charge is -2.10. The van der Waals surface area contributed by atoms with E-state index in [4.69, 9.17) is 9.47 Å². The van der Waals surface area contributed by atoms with E-state index in [9.17, 15) is 5.11 Å². The Hall–Kier alpha value is -2.20. The van der Waals surface area contributed by atoms with Crippen molar-refractivity contribution >= 4 is 0 Å². The predicted molar refractivity (Wildman–Crippen MR) is 82.9 cm³/mol. The van der Waals surface area contributed by atoms with Gasteiger partial charge in [-0.2, -0.15) is 0 Å². The second kappa shape index (κ2) is 8.17. The summed E-state index contributed by atoms with van der Waals surface area (Å²) in [6.45, 7) is 2.10. The molecule has 2 N–H and O–H groups in total. The topological polar surface area (TPSA) is 50.7 Å². The summed E-state index contributed by atoms with van der Waals surface area (Å²) in [5.74, 6) is 1.60. The maximum atomic E-state index is 9.95. The molecule has 4 nitrogen and oxygen atoms in total. The van der Waals surface area contributed by atoms with E-state index < -0.39 is 0 Å². The minimum Gasteiger partial charge on any atom is -0.504 e. The van der Waals surface area contributed by atoms with Crippen molar-refractivity contribution in [1.29, 1.82) is 0 Å². The first kappa shape index (κ1) is 15.2. The van der Waals surface area contributed by atoms with Gasteiger partial charge in [-0.25, -0.2) is 0 Å². The van der Waals surface area contributed by atoms with Gasteiger partial charge in [-0.1, -0.05) is 30.3 Å². The molecule has 0 aromatic heterocycles. The molecule has 21 heavy (non-hydrogen) atoms. The number of phenols is 1. The summed E-state index contributed by atoms with van der Waals surface area (Å²) in [7, 11) is 1.55. The molecular formula is C17H21NO3. The molecule has 0 saturated carbocycles. The molecule has 112 valence electrons. The van der Waals surface area contributed by atoms with Crippen molar-refractivity contribution in [2.24, 2.45) is 0 Å². The maximum Gasteiger partial charge on any atom is 0.162 e. The zero-order valence-corrected chi connectivity index (χ0v) is 12.2. The van der Waals surface area contributed by atoms with E-state index in [0.29, 0.717) is 18.9 Å². The van der Waals surface area contributed by atoms with Gasteiger partial charge in [0.25, 0.3) is 0 Å². The lowest BCUT2D eigenvalue weighted by molar-refractivity contribution is 0.308. The number of para-hydroxylation sites is 2. The fourth-order valence-corrected chi connectivity index (χ4v) is 2.00. The highest BCUT2D eigenvalue weighted by atomic mass is 16.5. The Morgan fingerprint density at radius 3 is 2.62 bits per heavy atom. The SMILES string of the molecule is COc1cccc(CNCCCOc2ccccc2)c1O. The molecule has 0 aliphatic heterocycles. The van der Waals surface area contributed by atoms with Gasteiger partial charge in [0.05, 0.1) is 13.7 Å². The summed E-state index contributed by atoms with van der Waals surface area (Å²) in [5.41, 5.74) is 0.832. The van der Waals surface area contributed by atoms with Crippen molar-refractivity contribution < 1.29 is 14.6 Å². The van der Waals surface area contributed by atoms with Crippen LogP contribution < -0.4 is 14.8 Å². The molecule has 0 saturated heterocycles. The van der Waals surface area contributed by atoms with Gasteiger partial charge in [0.15, 0.2) is 11.5 Å². The Kier molecular flexibility index (Phi) is 5.91. The van der Waals surface area contributed by atoms with Crippen molar-refractivity contribution in [2.75, 3.05) is 20.3 Å². The number of rotatable bonds is 8. The van der Waals surface area contributed by atoms with Gasteiger partial charge in [-0.05, 0) is 31.2 Å². The fraction of sp³-hybridized carbons (Fsp3) is 0.294. The molecule has 2 aromatic rings. The van der Waals surface area contributed by atoms with E-state index in [-0.39, 0.29) is 5.75 Å². The van der Waals surface area contributed by atoms with Gasteiger partial charge in [-0.3, -0.25) is 0 Å². The van der Waals surface area contributed by atoms with Crippen LogP contribution in [0.3, 0.4) is 0 Å². The van der Waals surface area contributed by atoms with E-state index in [1.807, 2.05) is 42.5 Å². The third-order valence-corrected chi connectivity index (χ3v) is 3.13. The molecule has 0 atom stereocenters. The smallest absolute Gasteiger partial charge is 0.162 e. The van der Waals surface area contributed by atoms with Gasteiger partial charge in [-0.15, -0.1) is 0 Å². The number of methoxy groups -OCH3 is 1. The highest BCUT2D eigenvalue weighted by Gasteiger charge is 2.06. The average molecular weight is 287 g/mol. The Morgan fingerprint density at radius 2 is 1.86 bits per heavy atom. The van der Waals surface area contributed by atoms with Crippen LogP contribution in [0.15, 0.2) is 48.5 Å². The molecule has 0 aliphatic carbocycles. The van der Waals surface area contributed by atoms with E-state index in [1.54, 1.807) is 13.2 Å². The van der Waals surface area contributed by atoms with E-state index in [2.05, 4.69) is 5.32 Å². The van der Waals surface area contributed by atoms with Gasteiger partial charge in [0.2, 0.25) is 0 Å². The second-order valence-corrected chi connectivity index (χ2v) is 4.66. The lowest BCUT2D eigenvalue weighted by Crippen LogP contribution is -2.17. The minimum absolute atomic E-state index is 0.202. The standard InChI is InChI=1S/C17H21NO3/c1-20-16-10-5-7-14(17(16)19)13-18-11-6-12-21-15-8-3-2-4-9-15/h2-5,7-10,18-19H,6,11-13H2,1H3. The number of benzene rings is 2. The summed E-state index contributed by atoms with van der Waals surface area (Å²) in [6.07, 6.45) is 0.902. The van der Waals surface area contributed by atoms with Crippen LogP contribution in [0.2, 0.25) is 0 Å². The summed E-state index contributed by atoms with van der Waals surface area (Å²) in [6, 6.07) is 15.3. The monoisotopic (exact) mass is 287 g/mol. The van der Waals surface area contributed by atoms with Gasteiger partial charge < -0.3 is 19.9 Å². The molecule has 4 heteroatoms. The van der Waals surface area contributed by atoms with Crippen molar-refractivity contribution in [1.82, 2.24) is 5.32 Å². The van der Waals surface area contributed by atoms with Gasteiger partial charge >= 0.3 is 0 Å². The van der Waals surface area contributed by atoms with Crippen molar-refractivity contribution in [2.45, 2.75) is 13.0 Å². The third kappa shape index (κ3) is 4.68. The van der Waals surface area contributed by atoms with E-state index in [0.717, 1.165) is 24.3 Å². The maximum absolute atomic E-state index is 9.95. The molecule has 0 fully saturated rings. The van der Waals surface area contributed by atoms with Crippen LogP contribution in [0.1, 0.15) is 12.0 Å². The predicted octanol–water partition coefficient (Wildman–Crippen LogP) is 2.96. The number of hydrogen-bond acceptors (Lipinski definition) is 4. The fourth-order valence-electron chi connectivity index (χ4n) is 2.00. The van der Waals surface area contributed by atoms with Crippen LogP contribution in [0.25, 0.3) is 0 Å². The molecule has 0 bridgehead atoms. The molecular weight excluding hydrogens is 266 g/mol. The molecule has 2 rings (SSSR count). The largest absolute Gasteiger partial charge is 0.504 e. The normalized spacial score (nSPS) is 10.3. The molecule has 0 amide bonds. The highest BCUT2D eigenvalue weighted by molar-refractivity contribution is 5.45. The Morgan fingerprint density at radius 1 is 1.05 bits per heavy atom. The second-order valence-electron chi connectivity index (χ2n) is 4.66. The van der Waals surface area contributed by atoms with Crippen LogP contribution >= 0.6 is 0 Å². The first-order valence-corrected chi connectivity index (χ1v) is 7.04. The van der Waals surface area contributed by atoms with Crippen molar-refractivity contribution in [3.05, 3.63) is 54.1 Å². The zero-order chi connectivity index (χ0) is 14.9. The average Bonchev–Trinajstić information content (AvgIpc) is 2.53. The van der Waals surface area contributed by atoms with Crippen LogP contribution in [-0.4, -0.2) is 25.4 Å². The summed E-state index contributed by atoms with van der Waals surface area (Å²) in [5, 5.41) is 13.2. The number of nitrogens with one attached hydrogen (secondary N) is 1. The minimum atomic E-state index is 0.202. The third-order valence-electron chi connectivity index (χ3n) is 3.13. The molecule has 0 heterocycles. The number of ether oxygens (including phenoxy) is 2. The van der Waals surface area contributed by atoms with E-state index >= 15 is 0 Å². The molecule has 0 unspecified atom stereocenters. The Labute approximate surface area is 125 Å². The van der Waals surface area contributed by atoms with Crippen LogP contribution in [-0.2, 0) is 6.54 Å². The molecule has 0 aliphatic rings. The lowest BCUT2D eigenvalue weighted by atomic mass is 10.2. The zero-order valence-electron chi connectivity index (χ0n) is 12.2. The molecule has 0 spiro atoms. The van der Waals surface area contributed by atoms with Crippen molar-refractivity contribution in [3.8, 4) is 17.2 Å².